The Hall–Kier alpha value is -4.27. The number of rotatable bonds is 8. The van der Waals surface area contributed by atoms with E-state index in [1.54, 1.807) is 39.1 Å². The minimum Gasteiger partial charge on any atom is -0.487 e. The summed E-state index contributed by atoms with van der Waals surface area (Å²) in [5.74, 6) is -0.404. The fourth-order valence-electron chi connectivity index (χ4n) is 3.40. The van der Waals surface area contributed by atoms with E-state index in [2.05, 4.69) is 5.32 Å². The van der Waals surface area contributed by atoms with E-state index in [4.69, 9.17) is 9.47 Å². The Labute approximate surface area is 213 Å². The van der Waals surface area contributed by atoms with E-state index >= 15 is 0 Å². The summed E-state index contributed by atoms with van der Waals surface area (Å²) in [7, 11) is 1.57. The molecule has 194 valence electrons. The molecule has 2 amide bonds. The van der Waals surface area contributed by atoms with Crippen molar-refractivity contribution in [1.29, 1.82) is 0 Å². The highest BCUT2D eigenvalue weighted by molar-refractivity contribution is 6.01. The lowest BCUT2D eigenvalue weighted by atomic mass is 10.0. The molecular weight excluding hydrogens is 485 g/mol. The molecule has 0 heterocycles. The van der Waals surface area contributed by atoms with Crippen LogP contribution in [0.2, 0.25) is 0 Å². The number of hydrogen-bond acceptors (Lipinski definition) is 4. The number of halogens is 3. The summed E-state index contributed by atoms with van der Waals surface area (Å²) in [5, 5.41) is 2.60. The van der Waals surface area contributed by atoms with Gasteiger partial charge in [-0.1, -0.05) is 36.4 Å². The van der Waals surface area contributed by atoms with E-state index in [1.807, 2.05) is 36.4 Å². The first-order valence-electron chi connectivity index (χ1n) is 11.6. The van der Waals surface area contributed by atoms with Gasteiger partial charge in [-0.05, 0) is 73.0 Å². The molecule has 0 saturated carbocycles. The Bertz CT molecular complexity index is 1250. The van der Waals surface area contributed by atoms with Crippen molar-refractivity contribution in [1.82, 2.24) is 0 Å². The van der Waals surface area contributed by atoms with Crippen molar-refractivity contribution < 1.29 is 32.2 Å². The number of benzene rings is 3. The second-order valence-electron chi connectivity index (χ2n) is 7.90. The number of alkyl halides is 3. The van der Waals surface area contributed by atoms with Crippen LogP contribution in [0.15, 0.2) is 78.6 Å². The summed E-state index contributed by atoms with van der Waals surface area (Å²) in [6.45, 7) is 4.08. The molecule has 0 aliphatic rings. The molecule has 0 fully saturated rings. The molecule has 9 heteroatoms. The molecule has 3 rings (SSSR count). The SMILES string of the molecule is CCOC(=O)C(=Cc1ccc(-c2cccc(N(C)C(=O)Nc3ccc(C(F)(F)F)cc3)c2)cc1)OCC. The molecule has 0 saturated heterocycles. The Balaban J connectivity index is 1.73. The molecule has 37 heavy (non-hydrogen) atoms. The fraction of sp³-hybridized carbons (Fsp3) is 0.214. The van der Waals surface area contributed by atoms with E-state index in [0.29, 0.717) is 12.3 Å². The molecule has 3 aromatic carbocycles. The molecule has 0 radical (unpaired) electrons. The Morgan fingerprint density at radius 1 is 0.892 bits per heavy atom. The van der Waals surface area contributed by atoms with Crippen molar-refractivity contribution >= 4 is 29.5 Å². The zero-order valence-electron chi connectivity index (χ0n) is 20.6. The number of ether oxygens (including phenoxy) is 2. The van der Waals surface area contributed by atoms with Crippen LogP contribution < -0.4 is 10.2 Å². The number of nitrogens with zero attached hydrogens (tertiary/aromatic N) is 1. The van der Waals surface area contributed by atoms with Gasteiger partial charge in [-0.25, -0.2) is 9.59 Å². The average Bonchev–Trinajstić information content (AvgIpc) is 2.88. The maximum Gasteiger partial charge on any atom is 0.416 e. The number of amides is 2. The van der Waals surface area contributed by atoms with Gasteiger partial charge in [-0.3, -0.25) is 4.90 Å². The minimum absolute atomic E-state index is 0.125. The summed E-state index contributed by atoms with van der Waals surface area (Å²) in [4.78, 5) is 26.1. The van der Waals surface area contributed by atoms with Gasteiger partial charge in [-0.2, -0.15) is 13.2 Å². The fourth-order valence-corrected chi connectivity index (χ4v) is 3.40. The van der Waals surface area contributed by atoms with Gasteiger partial charge >= 0.3 is 18.2 Å². The summed E-state index contributed by atoms with van der Waals surface area (Å²) in [5.41, 5.74) is 2.53. The van der Waals surface area contributed by atoms with Crippen LogP contribution in [0.3, 0.4) is 0 Å². The number of urea groups is 1. The summed E-state index contributed by atoms with van der Waals surface area (Å²) in [6, 6.07) is 18.4. The first-order chi connectivity index (χ1) is 17.6. The molecule has 6 nitrogen and oxygen atoms in total. The van der Waals surface area contributed by atoms with Gasteiger partial charge in [0.05, 0.1) is 18.8 Å². The zero-order valence-corrected chi connectivity index (χ0v) is 20.6. The number of nitrogens with one attached hydrogen (secondary N) is 1. The van der Waals surface area contributed by atoms with Crippen molar-refractivity contribution in [2.75, 3.05) is 30.5 Å². The maximum absolute atomic E-state index is 12.8. The Kier molecular flexibility index (Phi) is 8.95. The Morgan fingerprint density at radius 3 is 2.14 bits per heavy atom. The number of hydrogen-bond donors (Lipinski definition) is 1. The van der Waals surface area contributed by atoms with Gasteiger partial charge in [0.15, 0.2) is 0 Å². The van der Waals surface area contributed by atoms with Crippen molar-refractivity contribution in [3.63, 3.8) is 0 Å². The summed E-state index contributed by atoms with van der Waals surface area (Å²) in [6.07, 6.45) is -2.83. The monoisotopic (exact) mass is 512 g/mol. The largest absolute Gasteiger partial charge is 0.487 e. The van der Waals surface area contributed by atoms with Crippen LogP contribution in [-0.4, -0.2) is 32.3 Å². The standard InChI is InChI=1S/C28H27F3N2O4/c1-4-36-25(26(34)37-5-2)17-19-9-11-20(12-10-19)21-7-6-8-24(18-21)33(3)27(35)32-23-15-13-22(14-16-23)28(29,30)31/h6-18H,4-5H2,1-3H3,(H,32,35). The van der Waals surface area contributed by atoms with Crippen molar-refractivity contribution in [3.8, 4) is 11.1 Å². The molecule has 0 bridgehead atoms. The van der Waals surface area contributed by atoms with Crippen LogP contribution in [0.25, 0.3) is 17.2 Å². The minimum atomic E-state index is -4.44. The lowest BCUT2D eigenvalue weighted by molar-refractivity contribution is -0.142. The van der Waals surface area contributed by atoms with Crippen LogP contribution in [0.1, 0.15) is 25.0 Å². The second-order valence-corrected chi connectivity index (χ2v) is 7.90. The predicted molar refractivity (Wildman–Crippen MR) is 137 cm³/mol. The second kappa shape index (κ2) is 12.1. The van der Waals surface area contributed by atoms with E-state index in [-0.39, 0.29) is 18.1 Å². The lowest BCUT2D eigenvalue weighted by Crippen LogP contribution is -2.31. The van der Waals surface area contributed by atoms with Crippen LogP contribution >= 0.6 is 0 Å². The molecule has 0 aliphatic heterocycles. The van der Waals surface area contributed by atoms with Gasteiger partial charge in [0, 0.05) is 18.4 Å². The van der Waals surface area contributed by atoms with Crippen molar-refractivity contribution in [2.24, 2.45) is 0 Å². The average molecular weight is 513 g/mol. The molecule has 0 aromatic heterocycles. The number of carbonyl (C=O) groups excluding carboxylic acids is 2. The van der Waals surface area contributed by atoms with Crippen LogP contribution in [0.5, 0.6) is 0 Å². The van der Waals surface area contributed by atoms with Gasteiger partial charge in [0.25, 0.3) is 0 Å². The van der Waals surface area contributed by atoms with Crippen molar-refractivity contribution in [2.45, 2.75) is 20.0 Å². The van der Waals surface area contributed by atoms with Crippen LogP contribution in [0.4, 0.5) is 29.3 Å². The van der Waals surface area contributed by atoms with Gasteiger partial charge in [0.1, 0.15) is 0 Å². The van der Waals surface area contributed by atoms with Gasteiger partial charge in [0.2, 0.25) is 5.76 Å². The van der Waals surface area contributed by atoms with E-state index < -0.39 is 23.7 Å². The van der Waals surface area contributed by atoms with Gasteiger partial charge < -0.3 is 14.8 Å². The number of anilines is 2. The predicted octanol–water partition coefficient (Wildman–Crippen LogP) is 6.98. The Morgan fingerprint density at radius 2 is 1.54 bits per heavy atom. The third-order valence-electron chi connectivity index (χ3n) is 5.32. The topological polar surface area (TPSA) is 67.9 Å². The molecule has 0 unspecified atom stereocenters. The molecular formula is C28H27F3N2O4. The molecule has 3 aromatic rings. The molecule has 0 atom stereocenters. The lowest BCUT2D eigenvalue weighted by Gasteiger charge is -2.19. The number of esters is 1. The van der Waals surface area contributed by atoms with Crippen molar-refractivity contribution in [3.05, 3.63) is 89.7 Å². The van der Waals surface area contributed by atoms with Gasteiger partial charge in [-0.15, -0.1) is 0 Å². The van der Waals surface area contributed by atoms with E-state index in [1.165, 1.54) is 17.0 Å². The number of carbonyl (C=O) groups is 2. The summed E-state index contributed by atoms with van der Waals surface area (Å²) >= 11 is 0. The van der Waals surface area contributed by atoms with E-state index in [0.717, 1.165) is 28.8 Å². The van der Waals surface area contributed by atoms with Crippen LogP contribution in [-0.2, 0) is 20.4 Å². The van der Waals surface area contributed by atoms with E-state index in [9.17, 15) is 22.8 Å². The first-order valence-corrected chi connectivity index (χ1v) is 11.6. The highest BCUT2D eigenvalue weighted by Gasteiger charge is 2.30. The van der Waals surface area contributed by atoms with Crippen LogP contribution in [0, 0.1) is 0 Å². The normalized spacial score (nSPS) is 11.6. The third kappa shape index (κ3) is 7.36. The summed E-state index contributed by atoms with van der Waals surface area (Å²) < 4.78 is 48.7. The molecule has 1 N–H and O–H groups in total. The molecule has 0 aliphatic carbocycles. The highest BCUT2D eigenvalue weighted by atomic mass is 19.4. The maximum atomic E-state index is 12.8. The quantitative estimate of drug-likeness (QED) is 0.201. The zero-order chi connectivity index (χ0) is 27.0. The third-order valence-corrected chi connectivity index (χ3v) is 5.32. The molecule has 0 spiro atoms. The highest BCUT2D eigenvalue weighted by Crippen LogP contribution is 2.30. The first kappa shape index (κ1) is 27.3. The smallest absolute Gasteiger partial charge is 0.416 e.